The number of hydrogen-bond acceptors (Lipinski definition) is 4. The summed E-state index contributed by atoms with van der Waals surface area (Å²) < 4.78 is 5.33. The molecule has 2 aliphatic carbocycles. The van der Waals surface area contributed by atoms with Crippen molar-refractivity contribution < 1.29 is 4.52 Å². The smallest absolute Gasteiger partial charge is 0.229 e. The van der Waals surface area contributed by atoms with Gasteiger partial charge in [-0.05, 0) is 43.9 Å². The van der Waals surface area contributed by atoms with Gasteiger partial charge in [0, 0.05) is 12.0 Å². The van der Waals surface area contributed by atoms with Crippen LogP contribution in [0.4, 0.5) is 0 Å². The Hall–Kier alpha value is -1.68. The van der Waals surface area contributed by atoms with E-state index in [2.05, 4.69) is 46.4 Å². The van der Waals surface area contributed by atoms with E-state index in [1.54, 1.807) is 0 Å². The standard InChI is InChI=1S/C16H19N3O/c1-19(10-15-17-16(20-18-15)12-6-7-12)14-9-8-11-4-2-3-5-13(11)14/h2-5,12,14H,6-10H2,1H3/t14-/m1/s1. The molecule has 1 saturated carbocycles. The zero-order chi connectivity index (χ0) is 13.5. The molecule has 0 saturated heterocycles. The summed E-state index contributed by atoms with van der Waals surface area (Å²) in [4.78, 5) is 6.86. The monoisotopic (exact) mass is 269 g/mol. The molecule has 0 unspecified atom stereocenters. The maximum atomic E-state index is 5.33. The highest BCUT2D eigenvalue weighted by Crippen LogP contribution is 2.39. The molecule has 1 heterocycles. The Labute approximate surface area is 118 Å². The van der Waals surface area contributed by atoms with Gasteiger partial charge in [0.2, 0.25) is 5.89 Å². The van der Waals surface area contributed by atoms with Crippen molar-refractivity contribution in [2.75, 3.05) is 7.05 Å². The molecule has 2 aromatic rings. The summed E-state index contributed by atoms with van der Waals surface area (Å²) in [6, 6.07) is 9.22. The molecule has 4 heteroatoms. The van der Waals surface area contributed by atoms with Crippen molar-refractivity contribution in [2.45, 2.75) is 44.2 Å². The van der Waals surface area contributed by atoms with Gasteiger partial charge in [-0.15, -0.1) is 0 Å². The van der Waals surface area contributed by atoms with E-state index in [1.165, 1.54) is 36.8 Å². The fourth-order valence-electron chi connectivity index (χ4n) is 3.15. The van der Waals surface area contributed by atoms with Crippen LogP contribution in [0.25, 0.3) is 0 Å². The molecule has 0 bridgehead atoms. The van der Waals surface area contributed by atoms with E-state index in [4.69, 9.17) is 4.52 Å². The van der Waals surface area contributed by atoms with Gasteiger partial charge in [-0.3, -0.25) is 4.90 Å². The third-order valence-corrected chi connectivity index (χ3v) is 4.43. The van der Waals surface area contributed by atoms with Crippen molar-refractivity contribution in [2.24, 2.45) is 0 Å². The summed E-state index contributed by atoms with van der Waals surface area (Å²) in [5.41, 5.74) is 2.94. The Morgan fingerprint density at radius 3 is 2.95 bits per heavy atom. The van der Waals surface area contributed by atoms with Crippen LogP contribution in [0.2, 0.25) is 0 Å². The molecule has 1 fully saturated rings. The highest BCUT2D eigenvalue weighted by Gasteiger charge is 2.30. The van der Waals surface area contributed by atoms with Gasteiger partial charge in [-0.2, -0.15) is 4.98 Å². The first-order valence-corrected chi connectivity index (χ1v) is 7.42. The summed E-state index contributed by atoms with van der Waals surface area (Å²) in [5, 5.41) is 4.12. The van der Waals surface area contributed by atoms with E-state index < -0.39 is 0 Å². The van der Waals surface area contributed by atoms with E-state index >= 15 is 0 Å². The average Bonchev–Trinajstić information content (AvgIpc) is 3.06. The second kappa shape index (κ2) is 4.70. The van der Waals surface area contributed by atoms with Crippen LogP contribution in [0.5, 0.6) is 0 Å². The van der Waals surface area contributed by atoms with Crippen LogP contribution < -0.4 is 0 Å². The summed E-state index contributed by atoms with van der Waals surface area (Å²) in [5.74, 6) is 2.19. The number of aromatic nitrogens is 2. The fourth-order valence-corrected chi connectivity index (χ4v) is 3.15. The number of fused-ring (bicyclic) bond motifs is 1. The van der Waals surface area contributed by atoms with Crippen molar-refractivity contribution >= 4 is 0 Å². The van der Waals surface area contributed by atoms with Crippen LogP contribution in [0, 0.1) is 0 Å². The first-order valence-electron chi connectivity index (χ1n) is 7.42. The summed E-state index contributed by atoms with van der Waals surface area (Å²) in [6.07, 6.45) is 4.76. The molecule has 0 N–H and O–H groups in total. The normalized spacial score (nSPS) is 21.4. The molecule has 0 radical (unpaired) electrons. The van der Waals surface area contributed by atoms with Gasteiger partial charge in [0.15, 0.2) is 5.82 Å². The van der Waals surface area contributed by atoms with Crippen molar-refractivity contribution in [3.05, 3.63) is 47.1 Å². The van der Waals surface area contributed by atoms with Crippen LogP contribution >= 0.6 is 0 Å². The number of aryl methyl sites for hydroxylation is 1. The van der Waals surface area contributed by atoms with Crippen molar-refractivity contribution in [3.63, 3.8) is 0 Å². The zero-order valence-electron chi connectivity index (χ0n) is 11.7. The van der Waals surface area contributed by atoms with Gasteiger partial charge in [-0.1, -0.05) is 29.4 Å². The topological polar surface area (TPSA) is 42.2 Å². The van der Waals surface area contributed by atoms with Crippen molar-refractivity contribution in [1.29, 1.82) is 0 Å². The summed E-state index contributed by atoms with van der Waals surface area (Å²) in [7, 11) is 2.15. The van der Waals surface area contributed by atoms with Crippen LogP contribution in [-0.2, 0) is 13.0 Å². The van der Waals surface area contributed by atoms with E-state index in [9.17, 15) is 0 Å². The second-order valence-electron chi connectivity index (χ2n) is 5.99. The van der Waals surface area contributed by atoms with Crippen molar-refractivity contribution in [1.82, 2.24) is 15.0 Å². The second-order valence-corrected chi connectivity index (χ2v) is 5.99. The van der Waals surface area contributed by atoms with E-state index in [-0.39, 0.29) is 0 Å². The first kappa shape index (κ1) is 12.1. The first-order chi connectivity index (χ1) is 9.81. The predicted octanol–water partition coefficient (Wildman–Crippen LogP) is 3.07. The van der Waals surface area contributed by atoms with E-state index in [0.717, 1.165) is 18.3 Å². The van der Waals surface area contributed by atoms with Gasteiger partial charge < -0.3 is 4.52 Å². The molecule has 104 valence electrons. The molecular formula is C16H19N3O. The van der Waals surface area contributed by atoms with E-state index in [1.807, 2.05) is 0 Å². The van der Waals surface area contributed by atoms with Crippen LogP contribution in [0.1, 0.15) is 54.1 Å². The minimum atomic E-state index is 0.481. The van der Waals surface area contributed by atoms with Gasteiger partial charge in [0.1, 0.15) is 0 Å². The Bertz CT molecular complexity index is 618. The lowest BCUT2D eigenvalue weighted by atomic mass is 10.1. The number of rotatable bonds is 4. The molecule has 1 atom stereocenters. The maximum absolute atomic E-state index is 5.33. The van der Waals surface area contributed by atoms with Crippen LogP contribution in [0.15, 0.2) is 28.8 Å². The Morgan fingerprint density at radius 1 is 1.25 bits per heavy atom. The Morgan fingerprint density at radius 2 is 2.10 bits per heavy atom. The van der Waals surface area contributed by atoms with Crippen molar-refractivity contribution in [3.8, 4) is 0 Å². The molecule has 0 spiro atoms. The van der Waals surface area contributed by atoms with E-state index in [0.29, 0.717) is 12.0 Å². The molecule has 20 heavy (non-hydrogen) atoms. The quantitative estimate of drug-likeness (QED) is 0.855. The number of benzene rings is 1. The zero-order valence-corrected chi connectivity index (χ0v) is 11.7. The molecule has 4 nitrogen and oxygen atoms in total. The van der Waals surface area contributed by atoms with Gasteiger partial charge in [-0.25, -0.2) is 0 Å². The molecule has 2 aliphatic rings. The van der Waals surface area contributed by atoms with Crippen LogP contribution in [0.3, 0.4) is 0 Å². The lowest BCUT2D eigenvalue weighted by molar-refractivity contribution is 0.226. The lowest BCUT2D eigenvalue weighted by Crippen LogP contribution is -2.23. The lowest BCUT2D eigenvalue weighted by Gasteiger charge is -2.23. The molecule has 1 aromatic carbocycles. The fraction of sp³-hybridized carbons (Fsp3) is 0.500. The highest BCUT2D eigenvalue weighted by molar-refractivity contribution is 5.34. The third-order valence-electron chi connectivity index (χ3n) is 4.43. The molecule has 1 aromatic heterocycles. The van der Waals surface area contributed by atoms with Crippen LogP contribution in [-0.4, -0.2) is 22.1 Å². The third kappa shape index (κ3) is 2.14. The minimum absolute atomic E-state index is 0.481. The van der Waals surface area contributed by atoms with Gasteiger partial charge >= 0.3 is 0 Å². The molecule has 4 rings (SSSR count). The molecule has 0 amide bonds. The maximum Gasteiger partial charge on any atom is 0.229 e. The summed E-state index contributed by atoms with van der Waals surface area (Å²) >= 11 is 0. The number of hydrogen-bond donors (Lipinski definition) is 0. The predicted molar refractivity (Wildman–Crippen MR) is 75.2 cm³/mol. The minimum Gasteiger partial charge on any atom is -0.339 e. The molecule has 0 aliphatic heterocycles. The molecular weight excluding hydrogens is 250 g/mol. The highest BCUT2D eigenvalue weighted by atomic mass is 16.5. The SMILES string of the molecule is CN(Cc1noc(C2CC2)n1)[C@@H]1CCc2ccccc21. The average molecular weight is 269 g/mol. The number of nitrogens with zero attached hydrogens (tertiary/aromatic N) is 3. The Kier molecular flexibility index (Phi) is 2.84. The summed E-state index contributed by atoms with van der Waals surface area (Å²) in [6.45, 7) is 0.759. The Balaban J connectivity index is 1.48. The van der Waals surface area contributed by atoms with Gasteiger partial charge in [0.05, 0.1) is 6.54 Å². The van der Waals surface area contributed by atoms with Gasteiger partial charge in [0.25, 0.3) is 0 Å². The largest absolute Gasteiger partial charge is 0.339 e.